The zero-order valence-electron chi connectivity index (χ0n) is 64.3. The van der Waals surface area contributed by atoms with Crippen molar-refractivity contribution in [2.24, 2.45) is 12.5 Å². The number of nitrogens with one attached hydrogen (secondary N) is 2. The van der Waals surface area contributed by atoms with Crippen molar-refractivity contribution in [3.8, 4) is 11.5 Å². The highest BCUT2D eigenvalue weighted by Crippen LogP contribution is 2.39. The average molecular weight is 1480 g/mol. The van der Waals surface area contributed by atoms with Gasteiger partial charge in [0.1, 0.15) is 29.0 Å². The molecule has 0 radical (unpaired) electrons. The van der Waals surface area contributed by atoms with Crippen LogP contribution in [0, 0.1) is 36.7 Å². The zero-order chi connectivity index (χ0) is 78.7. The number of fused-ring (bicyclic) bond motifs is 3. The molecule has 3 saturated heterocycles. The summed E-state index contributed by atoms with van der Waals surface area (Å²) in [7, 11) is 16.0. The number of H-pyrrole nitrogens is 2. The molecule has 6 aromatic carbocycles. The van der Waals surface area contributed by atoms with E-state index in [1.54, 1.807) is 86.7 Å². The largest absolute Gasteiger partial charge is 0.496 e. The van der Waals surface area contributed by atoms with Crippen molar-refractivity contribution in [2.45, 2.75) is 97.8 Å². The van der Waals surface area contributed by atoms with Gasteiger partial charge in [-0.05, 0) is 162 Å². The number of hydrogen-bond donors (Lipinski definition) is 2. The summed E-state index contributed by atoms with van der Waals surface area (Å²) in [4.78, 5) is 136. The van der Waals surface area contributed by atoms with Gasteiger partial charge in [-0.3, -0.25) is 48.1 Å². The number of amides is 6. The number of carbonyl (C=O) groups excluding carboxylic acids is 9. The van der Waals surface area contributed by atoms with Crippen LogP contribution in [0.25, 0.3) is 32.7 Å². The van der Waals surface area contributed by atoms with Gasteiger partial charge in [-0.1, -0.05) is 31.2 Å². The van der Waals surface area contributed by atoms with Crippen molar-refractivity contribution in [3.63, 3.8) is 0 Å². The third-order valence-corrected chi connectivity index (χ3v) is 21.3. The van der Waals surface area contributed by atoms with Gasteiger partial charge in [0, 0.05) is 188 Å². The number of likely N-dealkylation sites (N-methyl/N-ethyl adjacent to an activating group) is 3. The standard InChI is InChI=1S/C29H35FN4O4.C27H31FN4O3.C27H30FN3O4/c1-16-15-34(17(2)14-33(16)19(4)20-8-10-21(30)11-9-20)28(36)23-12-22-24(13-25(23)38-7)31-18(3)26(22)27(35)29(37)32(5)6;1-17-14-24-22(23(16-30(24)4)25(33)27(35)29(2)3)15-21(17)26(34)32-12-10-20(11-13-32)31(5)19-8-6-18(28)7-9-19;1-27(15-17-5-7-18(28)8-6-17)9-11-31(12-10-27)25(33)20-13-19-21(24(32)26(34)30(2)3)16-29-22(19)14-23(20)35-4/h8-13,16-17,19,31H,14-15H2,1-7H3;6-9,14-16,20H,10-13H2,1-5H3;5-8,13-14,16,29H,9-12,15H2,1-4H3/t16-,17+,19?;;/m0../s1. The van der Waals surface area contributed by atoms with Crippen LogP contribution >= 0.6 is 0 Å². The van der Waals surface area contributed by atoms with Gasteiger partial charge < -0.3 is 58.3 Å². The molecule has 0 aliphatic carbocycles. The van der Waals surface area contributed by atoms with E-state index in [0.717, 1.165) is 60.0 Å². The minimum atomic E-state index is -0.639. The molecule has 1 unspecified atom stereocenters. The number of anilines is 1. The van der Waals surface area contributed by atoms with Crippen LogP contribution in [0.15, 0.2) is 122 Å². The number of ketones is 3. The minimum Gasteiger partial charge on any atom is -0.496 e. The third kappa shape index (κ3) is 16.8. The van der Waals surface area contributed by atoms with E-state index in [1.165, 1.54) is 99.7 Å². The van der Waals surface area contributed by atoms with Gasteiger partial charge in [0.2, 0.25) is 0 Å². The average Bonchev–Trinajstić information content (AvgIpc) is 1.59. The lowest BCUT2D eigenvalue weighted by molar-refractivity contribution is -0.124. The lowest BCUT2D eigenvalue weighted by Gasteiger charge is -2.46. The van der Waals surface area contributed by atoms with Crippen LogP contribution < -0.4 is 14.4 Å². The molecule has 3 atom stereocenters. The third-order valence-electron chi connectivity index (χ3n) is 21.3. The Hall–Kier alpha value is -11.1. The van der Waals surface area contributed by atoms with Gasteiger partial charge >= 0.3 is 0 Å². The first-order valence-electron chi connectivity index (χ1n) is 36.0. The van der Waals surface area contributed by atoms with Gasteiger partial charge in [-0.25, -0.2) is 13.2 Å². The summed E-state index contributed by atoms with van der Waals surface area (Å²) in [6.07, 6.45) is 7.18. The van der Waals surface area contributed by atoms with E-state index >= 15 is 0 Å². The van der Waals surface area contributed by atoms with E-state index in [2.05, 4.69) is 40.5 Å². The number of aryl methyl sites for hydroxylation is 3. The fourth-order valence-corrected chi connectivity index (χ4v) is 14.8. The van der Waals surface area contributed by atoms with Crippen LogP contribution in [-0.4, -0.2) is 223 Å². The maximum absolute atomic E-state index is 13.9. The lowest BCUT2D eigenvalue weighted by Crippen LogP contribution is -2.58. The molecule has 3 aliphatic heterocycles. The SMILES string of the molecule is COc1cc2[nH]c(C)c(C(=O)C(=O)N(C)C)c2cc1C(=O)N1C[C@H](C)N(C(C)c2ccc(F)cc2)C[C@H]1C.COc1cc2[nH]cc(C(=O)C(=O)N(C)C)c2cc1C(=O)N1CCC(C)(Cc2ccc(F)cc2)CC1.Cc1cc2c(cc1C(=O)N1CCC(N(C)c3ccc(F)cc3)CC1)c(C(=O)C(=O)N(C)C)cn2C. The molecular weight excluding hydrogens is 1380 g/mol. The first kappa shape index (κ1) is 79.5. The highest BCUT2D eigenvalue weighted by Gasteiger charge is 2.39. The van der Waals surface area contributed by atoms with Crippen molar-refractivity contribution in [1.82, 2.24) is 48.8 Å². The first-order valence-corrected chi connectivity index (χ1v) is 36.0. The number of piperazine rings is 1. The number of hydrogen-bond acceptors (Lipinski definition) is 13. The Morgan fingerprint density at radius 2 is 1.06 bits per heavy atom. The second-order valence-corrected chi connectivity index (χ2v) is 29.5. The molecule has 9 aromatic rings. The molecule has 6 amide bonds. The van der Waals surface area contributed by atoms with E-state index in [9.17, 15) is 56.3 Å². The molecular formula is C83H96F3N11O11. The van der Waals surface area contributed by atoms with Crippen molar-refractivity contribution < 1.29 is 65.8 Å². The summed E-state index contributed by atoms with van der Waals surface area (Å²) < 4.78 is 52.8. The second-order valence-electron chi connectivity index (χ2n) is 29.5. The number of piperidine rings is 2. The van der Waals surface area contributed by atoms with Crippen molar-refractivity contribution >= 4 is 91.2 Å². The summed E-state index contributed by atoms with van der Waals surface area (Å²) in [5, 5.41) is 1.62. The Labute approximate surface area is 627 Å². The molecule has 3 aromatic heterocycles. The number of Topliss-reactive ketones (excluding diaryl/α,β-unsaturated/α-hetero) is 3. The van der Waals surface area contributed by atoms with Gasteiger partial charge in [0.05, 0.1) is 47.6 Å². The minimum absolute atomic E-state index is 0.00934. The number of methoxy groups -OCH3 is 2. The summed E-state index contributed by atoms with van der Waals surface area (Å²) in [6, 6.07) is 30.1. The summed E-state index contributed by atoms with van der Waals surface area (Å²) >= 11 is 0. The van der Waals surface area contributed by atoms with Crippen LogP contribution in [0.5, 0.6) is 11.5 Å². The maximum atomic E-state index is 13.9. The quantitative estimate of drug-likeness (QED) is 0.0638. The Morgan fingerprint density at radius 3 is 1.62 bits per heavy atom. The van der Waals surface area contributed by atoms with E-state index in [-0.39, 0.29) is 75.9 Å². The number of carbonyl (C=O) groups is 9. The van der Waals surface area contributed by atoms with Crippen LogP contribution in [0.4, 0.5) is 18.9 Å². The van der Waals surface area contributed by atoms with Crippen molar-refractivity contribution in [3.05, 3.63) is 195 Å². The molecule has 12 rings (SSSR count). The Morgan fingerprint density at radius 1 is 0.565 bits per heavy atom. The number of aromatic amines is 2. The molecule has 6 heterocycles. The molecule has 22 nitrogen and oxygen atoms in total. The molecule has 0 bridgehead atoms. The predicted molar refractivity (Wildman–Crippen MR) is 410 cm³/mol. The van der Waals surface area contributed by atoms with Crippen LogP contribution in [0.3, 0.4) is 0 Å². The summed E-state index contributed by atoms with van der Waals surface area (Å²) in [6.45, 7) is 15.5. The van der Waals surface area contributed by atoms with Crippen LogP contribution in [0.1, 0.15) is 144 Å². The molecule has 3 fully saturated rings. The number of aromatic nitrogens is 3. The van der Waals surface area contributed by atoms with Crippen molar-refractivity contribution in [2.75, 3.05) is 108 Å². The molecule has 570 valence electrons. The number of likely N-dealkylation sites (tertiary alicyclic amines) is 2. The van der Waals surface area contributed by atoms with Crippen LogP contribution in [-0.2, 0) is 27.9 Å². The number of benzene rings is 6. The van der Waals surface area contributed by atoms with Gasteiger partial charge in [-0.2, -0.15) is 0 Å². The molecule has 0 spiro atoms. The highest BCUT2D eigenvalue weighted by atomic mass is 19.1. The molecule has 108 heavy (non-hydrogen) atoms. The zero-order valence-corrected chi connectivity index (χ0v) is 64.3. The molecule has 25 heteroatoms. The van der Waals surface area contributed by atoms with E-state index < -0.39 is 35.1 Å². The molecule has 3 aliphatic rings. The Balaban J connectivity index is 0.000000173. The fourth-order valence-electron chi connectivity index (χ4n) is 14.8. The van der Waals surface area contributed by atoms with Crippen LogP contribution in [0.2, 0.25) is 0 Å². The topological polar surface area (TPSA) is 235 Å². The van der Waals surface area contributed by atoms with E-state index in [0.29, 0.717) is 106 Å². The second kappa shape index (κ2) is 33.0. The van der Waals surface area contributed by atoms with Crippen molar-refractivity contribution in [1.29, 1.82) is 0 Å². The monoisotopic (exact) mass is 1480 g/mol. The van der Waals surface area contributed by atoms with Gasteiger partial charge in [0.15, 0.2) is 0 Å². The number of nitrogens with zero attached hydrogens (tertiary/aromatic N) is 9. The normalized spacial score (nSPS) is 16.2. The molecule has 0 saturated carbocycles. The number of rotatable bonds is 17. The number of halogens is 3. The predicted octanol–water partition coefficient (Wildman–Crippen LogP) is 11.9. The van der Waals surface area contributed by atoms with Gasteiger partial charge in [-0.15, -0.1) is 0 Å². The smallest absolute Gasteiger partial charge is 0.294 e. The number of ether oxygens (including phenoxy) is 2. The summed E-state index contributed by atoms with van der Waals surface area (Å²) in [5.74, 6) is -4.15. The maximum Gasteiger partial charge on any atom is 0.294 e. The fraction of sp³-hybridized carbons (Fsp3) is 0.386. The highest BCUT2D eigenvalue weighted by molar-refractivity contribution is 6.46. The van der Waals surface area contributed by atoms with E-state index in [4.69, 9.17) is 9.47 Å². The first-order chi connectivity index (χ1) is 51.1. The Kier molecular flexibility index (Phi) is 24.3. The molecule has 2 N–H and O–H groups in total. The summed E-state index contributed by atoms with van der Waals surface area (Å²) in [5.41, 5.74) is 8.48. The lowest BCUT2D eigenvalue weighted by atomic mass is 9.75. The van der Waals surface area contributed by atoms with Gasteiger partial charge in [0.25, 0.3) is 52.8 Å². The Bertz CT molecular complexity index is 4910. The van der Waals surface area contributed by atoms with E-state index in [1.807, 2.05) is 60.5 Å².